The van der Waals surface area contributed by atoms with Crippen molar-refractivity contribution in [3.63, 3.8) is 0 Å². The van der Waals surface area contributed by atoms with Crippen molar-refractivity contribution in [2.75, 3.05) is 6.54 Å². The molecule has 0 radical (unpaired) electrons. The highest BCUT2D eigenvalue weighted by molar-refractivity contribution is 5.82. The van der Waals surface area contributed by atoms with Gasteiger partial charge in [0.25, 0.3) is 0 Å². The fourth-order valence-electron chi connectivity index (χ4n) is 2.80. The van der Waals surface area contributed by atoms with E-state index in [1.54, 1.807) is 18.4 Å². The normalized spacial score (nSPS) is 12.8. The Labute approximate surface area is 136 Å². The zero-order valence-electron chi connectivity index (χ0n) is 13.4. The first-order valence-electron chi connectivity index (χ1n) is 8.21. The van der Waals surface area contributed by atoms with Crippen LogP contribution in [0.4, 0.5) is 0 Å². The van der Waals surface area contributed by atoms with Gasteiger partial charge < -0.3 is 19.3 Å². The first kappa shape index (κ1) is 15.8. The smallest absolute Gasteiger partial charge is 0.134 e. The van der Waals surface area contributed by atoms with Gasteiger partial charge in [0.2, 0.25) is 0 Å². The van der Waals surface area contributed by atoms with E-state index >= 15 is 0 Å². The van der Waals surface area contributed by atoms with Gasteiger partial charge in [0.05, 0.1) is 6.26 Å². The highest BCUT2D eigenvalue weighted by Crippen LogP contribution is 2.27. The second kappa shape index (κ2) is 7.49. The van der Waals surface area contributed by atoms with Crippen molar-refractivity contribution >= 4 is 11.0 Å². The second-order valence-corrected chi connectivity index (χ2v) is 5.77. The lowest BCUT2D eigenvalue weighted by atomic mass is 10.1. The molecule has 4 nitrogen and oxygen atoms in total. The molecular formula is C19H23NO3. The summed E-state index contributed by atoms with van der Waals surface area (Å²) in [6.45, 7) is 3.30. The van der Waals surface area contributed by atoms with E-state index < -0.39 is 6.10 Å². The Kier molecular flexibility index (Phi) is 5.16. The molecule has 0 spiro atoms. The number of nitrogens with one attached hydrogen (secondary N) is 1. The van der Waals surface area contributed by atoms with Crippen molar-refractivity contribution in [2.24, 2.45) is 0 Å². The molecule has 4 heteroatoms. The Hall–Kier alpha value is -2.04. The summed E-state index contributed by atoms with van der Waals surface area (Å²) in [5, 5.41) is 14.5. The lowest BCUT2D eigenvalue weighted by Crippen LogP contribution is -2.21. The molecule has 2 heterocycles. The van der Waals surface area contributed by atoms with Crippen molar-refractivity contribution in [2.45, 2.75) is 38.8 Å². The van der Waals surface area contributed by atoms with Gasteiger partial charge in [0, 0.05) is 30.5 Å². The average Bonchev–Trinajstić information content (AvgIpc) is 3.21. The molecule has 1 aromatic carbocycles. The van der Waals surface area contributed by atoms with E-state index in [0.29, 0.717) is 18.8 Å². The highest BCUT2D eigenvalue weighted by atomic mass is 16.4. The van der Waals surface area contributed by atoms with Crippen molar-refractivity contribution in [1.29, 1.82) is 0 Å². The molecule has 0 fully saturated rings. The van der Waals surface area contributed by atoms with Gasteiger partial charge in [0.1, 0.15) is 23.2 Å². The van der Waals surface area contributed by atoms with Crippen LogP contribution in [-0.2, 0) is 13.0 Å². The number of rotatable bonds is 8. The number of aryl methyl sites for hydroxylation is 1. The van der Waals surface area contributed by atoms with Crippen molar-refractivity contribution < 1.29 is 13.9 Å². The van der Waals surface area contributed by atoms with Crippen LogP contribution in [0.15, 0.2) is 51.5 Å². The second-order valence-electron chi connectivity index (χ2n) is 5.77. The molecule has 0 aliphatic heterocycles. The molecule has 122 valence electrons. The molecule has 0 saturated heterocycles. The van der Waals surface area contributed by atoms with Crippen LogP contribution in [0, 0.1) is 0 Å². The number of aliphatic hydroxyl groups is 1. The number of furan rings is 2. The third-order valence-electron chi connectivity index (χ3n) is 4.05. The number of hydrogen-bond donors (Lipinski definition) is 2. The number of fused-ring (bicyclic) bond motifs is 1. The summed E-state index contributed by atoms with van der Waals surface area (Å²) in [7, 11) is 0. The lowest BCUT2D eigenvalue weighted by molar-refractivity contribution is 0.147. The molecular weight excluding hydrogens is 290 g/mol. The Bertz CT molecular complexity index is 730. The highest BCUT2D eigenvalue weighted by Gasteiger charge is 2.15. The summed E-state index contributed by atoms with van der Waals surface area (Å²) in [6, 6.07) is 11.7. The van der Waals surface area contributed by atoms with Crippen LogP contribution in [0.3, 0.4) is 0 Å². The summed E-state index contributed by atoms with van der Waals surface area (Å²) in [4.78, 5) is 0. The predicted molar refractivity (Wildman–Crippen MR) is 90.2 cm³/mol. The first-order valence-corrected chi connectivity index (χ1v) is 8.21. The van der Waals surface area contributed by atoms with Gasteiger partial charge in [-0.15, -0.1) is 0 Å². The number of hydrogen-bond acceptors (Lipinski definition) is 4. The van der Waals surface area contributed by atoms with Crippen LogP contribution in [0.5, 0.6) is 0 Å². The Morgan fingerprint density at radius 1 is 1.17 bits per heavy atom. The number of benzene rings is 1. The van der Waals surface area contributed by atoms with Crippen LogP contribution in [0.25, 0.3) is 11.0 Å². The van der Waals surface area contributed by atoms with Crippen molar-refractivity contribution in [3.8, 4) is 0 Å². The minimum absolute atomic E-state index is 0.445. The Balaban J connectivity index is 1.70. The maximum atomic E-state index is 10.1. The minimum Gasteiger partial charge on any atom is -0.467 e. The zero-order chi connectivity index (χ0) is 16.1. The summed E-state index contributed by atoms with van der Waals surface area (Å²) >= 11 is 0. The van der Waals surface area contributed by atoms with E-state index in [0.717, 1.165) is 36.0 Å². The third-order valence-corrected chi connectivity index (χ3v) is 4.05. The van der Waals surface area contributed by atoms with E-state index in [4.69, 9.17) is 8.83 Å². The molecule has 0 aliphatic rings. The van der Waals surface area contributed by atoms with Gasteiger partial charge >= 0.3 is 0 Å². The van der Waals surface area contributed by atoms with Gasteiger partial charge in [0.15, 0.2) is 0 Å². The largest absolute Gasteiger partial charge is 0.467 e. The molecule has 2 N–H and O–H groups in total. The van der Waals surface area contributed by atoms with Gasteiger partial charge in [-0.1, -0.05) is 31.5 Å². The molecule has 3 rings (SSSR count). The molecule has 0 amide bonds. The minimum atomic E-state index is -0.637. The molecule has 0 aliphatic carbocycles. The standard InChI is InChI=1S/C19H23NO3/c1-2-3-8-18-15(14-7-4-5-9-17(14)23-18)12-20-13-16(21)19-10-6-11-22-19/h4-7,9-11,16,20-21H,2-3,8,12-13H2,1H3. The van der Waals surface area contributed by atoms with E-state index in [1.165, 1.54) is 5.56 Å². The SMILES string of the molecule is CCCCc1oc2ccccc2c1CNCC(O)c1ccco1. The lowest BCUT2D eigenvalue weighted by Gasteiger charge is -2.10. The molecule has 3 aromatic rings. The monoisotopic (exact) mass is 313 g/mol. The summed E-state index contributed by atoms with van der Waals surface area (Å²) < 4.78 is 11.2. The quantitative estimate of drug-likeness (QED) is 0.654. The van der Waals surface area contributed by atoms with E-state index in [9.17, 15) is 5.11 Å². The Morgan fingerprint density at radius 2 is 2.04 bits per heavy atom. The zero-order valence-corrected chi connectivity index (χ0v) is 13.4. The predicted octanol–water partition coefficient (Wildman–Crippen LogP) is 4.19. The Morgan fingerprint density at radius 3 is 2.83 bits per heavy atom. The third kappa shape index (κ3) is 3.66. The van der Waals surface area contributed by atoms with Crippen molar-refractivity contribution in [3.05, 3.63) is 59.7 Å². The van der Waals surface area contributed by atoms with Gasteiger partial charge in [-0.2, -0.15) is 0 Å². The number of para-hydroxylation sites is 1. The van der Waals surface area contributed by atoms with Crippen LogP contribution >= 0.6 is 0 Å². The van der Waals surface area contributed by atoms with Crippen LogP contribution < -0.4 is 5.32 Å². The van der Waals surface area contributed by atoms with E-state index in [-0.39, 0.29) is 0 Å². The van der Waals surface area contributed by atoms with Crippen LogP contribution in [-0.4, -0.2) is 11.7 Å². The number of aliphatic hydroxyl groups excluding tert-OH is 1. The van der Waals surface area contributed by atoms with Gasteiger partial charge in [-0.05, 0) is 24.6 Å². The van der Waals surface area contributed by atoms with Gasteiger partial charge in [-0.3, -0.25) is 0 Å². The molecule has 1 atom stereocenters. The average molecular weight is 313 g/mol. The first-order chi connectivity index (χ1) is 11.3. The summed E-state index contributed by atoms with van der Waals surface area (Å²) in [5.41, 5.74) is 2.13. The van der Waals surface area contributed by atoms with Crippen molar-refractivity contribution in [1.82, 2.24) is 5.32 Å². The fourth-order valence-corrected chi connectivity index (χ4v) is 2.80. The molecule has 1 unspecified atom stereocenters. The topological polar surface area (TPSA) is 58.5 Å². The maximum absolute atomic E-state index is 10.1. The summed E-state index contributed by atoms with van der Waals surface area (Å²) in [6.07, 6.45) is 4.14. The molecule has 23 heavy (non-hydrogen) atoms. The number of unbranched alkanes of at least 4 members (excludes halogenated alkanes) is 1. The fraction of sp³-hybridized carbons (Fsp3) is 0.368. The van der Waals surface area contributed by atoms with E-state index in [2.05, 4.69) is 18.3 Å². The maximum Gasteiger partial charge on any atom is 0.134 e. The summed E-state index contributed by atoms with van der Waals surface area (Å²) in [5.74, 6) is 1.63. The van der Waals surface area contributed by atoms with Gasteiger partial charge in [-0.25, -0.2) is 0 Å². The molecule has 0 saturated carbocycles. The molecule has 0 bridgehead atoms. The van der Waals surface area contributed by atoms with Crippen LogP contribution in [0.1, 0.15) is 43.0 Å². The van der Waals surface area contributed by atoms with Crippen LogP contribution in [0.2, 0.25) is 0 Å². The molecule has 2 aromatic heterocycles. The van der Waals surface area contributed by atoms with E-state index in [1.807, 2.05) is 18.2 Å².